The van der Waals surface area contributed by atoms with Crippen LogP contribution in [0, 0.1) is 0 Å². The molecule has 1 aromatic rings. The third kappa shape index (κ3) is 5.48. The highest BCUT2D eigenvalue weighted by Gasteiger charge is 2.10. The molecule has 18 heavy (non-hydrogen) atoms. The summed E-state index contributed by atoms with van der Waals surface area (Å²) in [5.41, 5.74) is 0.537. The number of halogens is 2. The molecule has 102 valence electrons. The zero-order valence-electron chi connectivity index (χ0n) is 10.5. The Morgan fingerprint density at radius 1 is 1.39 bits per heavy atom. The number of carbonyl (C=O) groups excluding carboxylic acids is 1. The summed E-state index contributed by atoms with van der Waals surface area (Å²) in [5.74, 6) is -0.121. The van der Waals surface area contributed by atoms with Gasteiger partial charge < -0.3 is 10.6 Å². The minimum atomic E-state index is -0.121. The highest BCUT2D eigenvalue weighted by molar-refractivity contribution is 7.98. The molecule has 6 heteroatoms. The van der Waals surface area contributed by atoms with Gasteiger partial charge in [0.25, 0.3) is 5.91 Å². The number of hydrogen-bond acceptors (Lipinski definition) is 3. The maximum atomic E-state index is 11.9. The van der Waals surface area contributed by atoms with E-state index in [1.165, 1.54) is 0 Å². The van der Waals surface area contributed by atoms with E-state index in [9.17, 15) is 4.79 Å². The second kappa shape index (κ2) is 9.50. The number of hydrogen-bond donors (Lipinski definition) is 2. The van der Waals surface area contributed by atoms with E-state index < -0.39 is 0 Å². The Morgan fingerprint density at radius 2 is 2.11 bits per heavy atom. The van der Waals surface area contributed by atoms with Crippen LogP contribution in [0.4, 0.5) is 0 Å². The molecule has 0 saturated carbocycles. The normalized spacial score (nSPS) is 9.72. The highest BCUT2D eigenvalue weighted by Crippen LogP contribution is 2.22. The zero-order valence-corrected chi connectivity index (χ0v) is 12.8. The molecule has 3 nitrogen and oxygen atoms in total. The van der Waals surface area contributed by atoms with Crippen LogP contribution in [-0.4, -0.2) is 31.8 Å². The Balaban J connectivity index is 0.00000289. The van der Waals surface area contributed by atoms with Crippen molar-refractivity contribution in [3.05, 3.63) is 28.8 Å². The van der Waals surface area contributed by atoms with Crippen LogP contribution in [0.2, 0.25) is 5.02 Å². The van der Waals surface area contributed by atoms with Gasteiger partial charge in [-0.3, -0.25) is 4.79 Å². The van der Waals surface area contributed by atoms with E-state index in [1.807, 2.05) is 25.3 Å². The van der Waals surface area contributed by atoms with Crippen molar-refractivity contribution in [3.8, 4) is 0 Å². The molecule has 0 saturated heterocycles. The van der Waals surface area contributed by atoms with Gasteiger partial charge in [-0.05, 0) is 31.0 Å². The van der Waals surface area contributed by atoms with E-state index in [1.54, 1.807) is 17.8 Å². The Labute approximate surface area is 123 Å². The second-order valence-electron chi connectivity index (χ2n) is 3.46. The molecular formula is C12H18Cl2N2OS. The SMILES string of the molecule is CCNCCNC(=O)c1cc(SC)ccc1Cl.Cl. The van der Waals surface area contributed by atoms with Gasteiger partial charge in [-0.1, -0.05) is 18.5 Å². The average molecular weight is 309 g/mol. The lowest BCUT2D eigenvalue weighted by Crippen LogP contribution is -2.31. The Bertz CT molecular complexity index is 388. The summed E-state index contributed by atoms with van der Waals surface area (Å²) in [6.07, 6.45) is 1.97. The molecule has 0 unspecified atom stereocenters. The number of benzene rings is 1. The van der Waals surface area contributed by atoms with Crippen molar-refractivity contribution in [2.24, 2.45) is 0 Å². The summed E-state index contributed by atoms with van der Waals surface area (Å²) < 4.78 is 0. The lowest BCUT2D eigenvalue weighted by atomic mass is 10.2. The number of carbonyl (C=O) groups is 1. The van der Waals surface area contributed by atoms with Gasteiger partial charge in [0.15, 0.2) is 0 Å². The van der Waals surface area contributed by atoms with Crippen LogP contribution in [0.5, 0.6) is 0 Å². The molecule has 0 aliphatic carbocycles. The van der Waals surface area contributed by atoms with Crippen molar-refractivity contribution >= 4 is 41.7 Å². The van der Waals surface area contributed by atoms with Gasteiger partial charge in [-0.15, -0.1) is 24.2 Å². The van der Waals surface area contributed by atoms with Gasteiger partial charge in [-0.2, -0.15) is 0 Å². The van der Waals surface area contributed by atoms with Gasteiger partial charge in [-0.25, -0.2) is 0 Å². The molecule has 1 rings (SSSR count). The van der Waals surface area contributed by atoms with E-state index >= 15 is 0 Å². The zero-order chi connectivity index (χ0) is 12.7. The van der Waals surface area contributed by atoms with Crippen LogP contribution in [0.15, 0.2) is 23.1 Å². The predicted molar refractivity (Wildman–Crippen MR) is 81.4 cm³/mol. The van der Waals surface area contributed by atoms with E-state index in [-0.39, 0.29) is 18.3 Å². The third-order valence-electron chi connectivity index (χ3n) is 2.26. The second-order valence-corrected chi connectivity index (χ2v) is 4.74. The van der Waals surface area contributed by atoms with Gasteiger partial charge >= 0.3 is 0 Å². The molecule has 2 N–H and O–H groups in total. The Hall–Kier alpha value is -0.420. The van der Waals surface area contributed by atoms with Crippen molar-refractivity contribution in [3.63, 3.8) is 0 Å². The number of likely N-dealkylation sites (N-methyl/N-ethyl adjacent to an activating group) is 1. The first-order valence-corrected chi connectivity index (χ1v) is 7.11. The summed E-state index contributed by atoms with van der Waals surface area (Å²) in [7, 11) is 0. The van der Waals surface area contributed by atoms with E-state index in [0.717, 1.165) is 18.0 Å². The van der Waals surface area contributed by atoms with Crippen LogP contribution in [0.25, 0.3) is 0 Å². The summed E-state index contributed by atoms with van der Waals surface area (Å²) in [6.45, 7) is 4.30. The standard InChI is InChI=1S/C12H17ClN2OS.ClH/c1-3-14-6-7-15-12(16)10-8-9(17-2)4-5-11(10)13;/h4-5,8,14H,3,6-7H2,1-2H3,(H,15,16);1H. The smallest absolute Gasteiger partial charge is 0.252 e. The van der Waals surface area contributed by atoms with Crippen LogP contribution < -0.4 is 10.6 Å². The quantitative estimate of drug-likeness (QED) is 0.627. The number of thioether (sulfide) groups is 1. The number of amides is 1. The van der Waals surface area contributed by atoms with Crippen molar-refractivity contribution < 1.29 is 4.79 Å². The minimum Gasteiger partial charge on any atom is -0.351 e. The van der Waals surface area contributed by atoms with Crippen LogP contribution in [0.3, 0.4) is 0 Å². The largest absolute Gasteiger partial charge is 0.351 e. The molecule has 0 bridgehead atoms. The molecule has 0 fully saturated rings. The summed E-state index contributed by atoms with van der Waals surface area (Å²) in [5, 5.41) is 6.46. The van der Waals surface area contributed by atoms with Gasteiger partial charge in [0.05, 0.1) is 10.6 Å². The van der Waals surface area contributed by atoms with Crippen molar-refractivity contribution in [1.29, 1.82) is 0 Å². The Kier molecular flexibility index (Phi) is 9.28. The Morgan fingerprint density at radius 3 is 2.72 bits per heavy atom. The molecule has 0 aliphatic rings. The van der Waals surface area contributed by atoms with Crippen molar-refractivity contribution in [1.82, 2.24) is 10.6 Å². The molecule has 0 aromatic heterocycles. The molecular weight excluding hydrogens is 291 g/mol. The first-order chi connectivity index (χ1) is 8.19. The maximum Gasteiger partial charge on any atom is 0.252 e. The van der Waals surface area contributed by atoms with Crippen molar-refractivity contribution in [2.45, 2.75) is 11.8 Å². The van der Waals surface area contributed by atoms with E-state index in [2.05, 4.69) is 10.6 Å². The first-order valence-electron chi connectivity index (χ1n) is 5.51. The fourth-order valence-corrected chi connectivity index (χ4v) is 1.98. The first kappa shape index (κ1) is 17.6. The topological polar surface area (TPSA) is 41.1 Å². The van der Waals surface area contributed by atoms with Gasteiger partial charge in [0.2, 0.25) is 0 Å². The van der Waals surface area contributed by atoms with Crippen molar-refractivity contribution in [2.75, 3.05) is 25.9 Å². The highest BCUT2D eigenvalue weighted by atomic mass is 35.5. The molecule has 0 spiro atoms. The summed E-state index contributed by atoms with van der Waals surface area (Å²) in [6, 6.07) is 5.48. The maximum absolute atomic E-state index is 11.9. The van der Waals surface area contributed by atoms with Crippen LogP contribution in [0.1, 0.15) is 17.3 Å². The lowest BCUT2D eigenvalue weighted by molar-refractivity contribution is 0.0954. The molecule has 0 radical (unpaired) electrons. The third-order valence-corrected chi connectivity index (χ3v) is 3.31. The molecule has 0 heterocycles. The van der Waals surface area contributed by atoms with Gasteiger partial charge in [0.1, 0.15) is 0 Å². The van der Waals surface area contributed by atoms with E-state index in [4.69, 9.17) is 11.6 Å². The van der Waals surface area contributed by atoms with Crippen LogP contribution >= 0.6 is 35.8 Å². The fourth-order valence-electron chi connectivity index (χ4n) is 1.34. The monoisotopic (exact) mass is 308 g/mol. The number of nitrogens with one attached hydrogen (secondary N) is 2. The minimum absolute atomic E-state index is 0. The van der Waals surface area contributed by atoms with E-state index in [0.29, 0.717) is 17.1 Å². The fraction of sp³-hybridized carbons (Fsp3) is 0.417. The van der Waals surface area contributed by atoms with Crippen LogP contribution in [-0.2, 0) is 0 Å². The van der Waals surface area contributed by atoms with Gasteiger partial charge in [0, 0.05) is 18.0 Å². The average Bonchev–Trinajstić information content (AvgIpc) is 2.35. The summed E-state index contributed by atoms with van der Waals surface area (Å²) in [4.78, 5) is 12.9. The molecule has 1 amide bonds. The molecule has 0 aliphatic heterocycles. The summed E-state index contributed by atoms with van der Waals surface area (Å²) >= 11 is 7.59. The predicted octanol–water partition coefficient (Wildman–Crippen LogP) is 2.82. The number of rotatable bonds is 6. The molecule has 0 atom stereocenters. The molecule has 1 aromatic carbocycles. The lowest BCUT2D eigenvalue weighted by Gasteiger charge is -2.08.